The smallest absolute Gasteiger partial charge is 0.326 e. The highest BCUT2D eigenvalue weighted by Crippen LogP contribution is 2.17. The largest absolute Gasteiger partial charge is 0.480 e. The molecule has 2 heterocycles. The van der Waals surface area contributed by atoms with E-state index in [2.05, 4.69) is 10.3 Å². The van der Waals surface area contributed by atoms with Gasteiger partial charge in [-0.3, -0.25) is 4.98 Å². The normalized spacial score (nSPS) is 18.6. The van der Waals surface area contributed by atoms with Crippen molar-refractivity contribution in [3.8, 4) is 0 Å². The molecule has 1 unspecified atom stereocenters. The Labute approximate surface area is 117 Å². The SMILES string of the molecule is Cc1ccc(CNC(=O)N2CCCCC2C(=O)O)cn1. The fourth-order valence-corrected chi connectivity index (χ4v) is 2.31. The maximum Gasteiger partial charge on any atom is 0.326 e. The van der Waals surface area contributed by atoms with Crippen molar-refractivity contribution >= 4 is 12.0 Å². The number of hydrogen-bond acceptors (Lipinski definition) is 3. The Morgan fingerprint density at radius 3 is 2.90 bits per heavy atom. The van der Waals surface area contributed by atoms with Crippen molar-refractivity contribution in [1.29, 1.82) is 0 Å². The van der Waals surface area contributed by atoms with E-state index in [1.807, 2.05) is 19.1 Å². The molecule has 1 aromatic rings. The quantitative estimate of drug-likeness (QED) is 0.878. The molecule has 1 aliphatic heterocycles. The molecule has 0 aliphatic carbocycles. The second-order valence-corrected chi connectivity index (χ2v) is 5.01. The van der Waals surface area contributed by atoms with Crippen LogP contribution in [0.3, 0.4) is 0 Å². The molecule has 0 bridgehead atoms. The third kappa shape index (κ3) is 3.46. The highest BCUT2D eigenvalue weighted by molar-refractivity contribution is 5.82. The number of carboxylic acids is 1. The summed E-state index contributed by atoms with van der Waals surface area (Å²) in [4.78, 5) is 28.8. The molecule has 1 aromatic heterocycles. The zero-order chi connectivity index (χ0) is 14.5. The molecule has 0 spiro atoms. The van der Waals surface area contributed by atoms with Crippen molar-refractivity contribution in [2.24, 2.45) is 0 Å². The van der Waals surface area contributed by atoms with Crippen LogP contribution in [0.2, 0.25) is 0 Å². The van der Waals surface area contributed by atoms with Gasteiger partial charge in [-0.2, -0.15) is 0 Å². The minimum atomic E-state index is -0.933. The standard InChI is InChI=1S/C14H19N3O3/c1-10-5-6-11(8-15-10)9-16-14(20)17-7-3-2-4-12(17)13(18)19/h5-6,8,12H,2-4,7,9H2,1H3,(H,16,20)(H,18,19). The van der Waals surface area contributed by atoms with E-state index in [4.69, 9.17) is 5.11 Å². The number of rotatable bonds is 3. The lowest BCUT2D eigenvalue weighted by atomic mass is 10.0. The lowest BCUT2D eigenvalue weighted by Crippen LogP contribution is -2.51. The van der Waals surface area contributed by atoms with Gasteiger partial charge < -0.3 is 15.3 Å². The molecule has 6 nitrogen and oxygen atoms in total. The summed E-state index contributed by atoms with van der Waals surface area (Å²) in [6.07, 6.45) is 3.93. The van der Waals surface area contributed by atoms with Crippen LogP contribution in [0.5, 0.6) is 0 Å². The number of nitrogens with one attached hydrogen (secondary N) is 1. The Hall–Kier alpha value is -2.11. The fourth-order valence-electron chi connectivity index (χ4n) is 2.31. The first kappa shape index (κ1) is 14.3. The second kappa shape index (κ2) is 6.36. The van der Waals surface area contributed by atoms with Crippen LogP contribution in [0.1, 0.15) is 30.5 Å². The van der Waals surface area contributed by atoms with Crippen molar-refractivity contribution in [2.75, 3.05) is 6.54 Å². The van der Waals surface area contributed by atoms with Crippen LogP contribution in [-0.2, 0) is 11.3 Å². The first-order valence-corrected chi connectivity index (χ1v) is 6.77. The number of hydrogen-bond donors (Lipinski definition) is 2. The summed E-state index contributed by atoms with van der Waals surface area (Å²) in [5.74, 6) is -0.933. The Balaban J connectivity index is 1.93. The predicted molar refractivity (Wildman–Crippen MR) is 73.2 cm³/mol. The number of carboxylic acid groups (broad SMARTS) is 1. The molecule has 0 radical (unpaired) electrons. The average molecular weight is 277 g/mol. The first-order chi connectivity index (χ1) is 9.58. The van der Waals surface area contributed by atoms with Gasteiger partial charge >= 0.3 is 12.0 Å². The van der Waals surface area contributed by atoms with E-state index in [1.54, 1.807) is 6.20 Å². The molecule has 1 saturated heterocycles. The number of carbonyl (C=O) groups excluding carboxylic acids is 1. The van der Waals surface area contributed by atoms with Crippen molar-refractivity contribution in [3.05, 3.63) is 29.6 Å². The predicted octanol–water partition coefficient (Wildman–Crippen LogP) is 1.54. The highest BCUT2D eigenvalue weighted by Gasteiger charge is 2.31. The fraction of sp³-hybridized carbons (Fsp3) is 0.500. The number of aromatic nitrogens is 1. The van der Waals surface area contributed by atoms with Crippen LogP contribution in [0, 0.1) is 6.92 Å². The summed E-state index contributed by atoms with van der Waals surface area (Å²) in [5, 5.41) is 11.9. The van der Waals surface area contributed by atoms with E-state index in [0.717, 1.165) is 24.1 Å². The van der Waals surface area contributed by atoms with E-state index in [0.29, 0.717) is 19.5 Å². The van der Waals surface area contributed by atoms with Crippen LogP contribution < -0.4 is 5.32 Å². The monoisotopic (exact) mass is 277 g/mol. The van der Waals surface area contributed by atoms with Gasteiger partial charge in [-0.25, -0.2) is 9.59 Å². The molecule has 2 rings (SSSR count). The molecule has 2 amide bonds. The van der Waals surface area contributed by atoms with Crippen LogP contribution in [0.4, 0.5) is 4.79 Å². The number of piperidine rings is 1. The summed E-state index contributed by atoms with van der Waals surface area (Å²) in [5.41, 5.74) is 1.81. The Bertz CT molecular complexity index is 487. The number of pyridine rings is 1. The van der Waals surface area contributed by atoms with Gasteiger partial charge in [-0.05, 0) is 37.8 Å². The average Bonchev–Trinajstić information content (AvgIpc) is 2.46. The van der Waals surface area contributed by atoms with Crippen molar-refractivity contribution in [3.63, 3.8) is 0 Å². The van der Waals surface area contributed by atoms with E-state index in [1.165, 1.54) is 4.90 Å². The number of carbonyl (C=O) groups is 2. The van der Waals surface area contributed by atoms with Gasteiger partial charge in [0.05, 0.1) is 0 Å². The van der Waals surface area contributed by atoms with Gasteiger partial charge in [-0.15, -0.1) is 0 Å². The van der Waals surface area contributed by atoms with Gasteiger partial charge in [0.2, 0.25) is 0 Å². The summed E-state index contributed by atoms with van der Waals surface area (Å²) >= 11 is 0. The molecule has 6 heteroatoms. The van der Waals surface area contributed by atoms with Gasteiger partial charge in [-0.1, -0.05) is 6.07 Å². The lowest BCUT2D eigenvalue weighted by molar-refractivity contribution is -0.143. The molecule has 1 aliphatic rings. The van der Waals surface area contributed by atoms with Gasteiger partial charge in [0.15, 0.2) is 0 Å². The van der Waals surface area contributed by atoms with E-state index >= 15 is 0 Å². The first-order valence-electron chi connectivity index (χ1n) is 6.77. The van der Waals surface area contributed by atoms with Gasteiger partial charge in [0.1, 0.15) is 6.04 Å². The van der Waals surface area contributed by atoms with Crippen LogP contribution >= 0.6 is 0 Å². The van der Waals surface area contributed by atoms with E-state index < -0.39 is 12.0 Å². The number of likely N-dealkylation sites (tertiary alicyclic amines) is 1. The summed E-state index contributed by atoms with van der Waals surface area (Å²) in [6, 6.07) is 2.74. The molecular weight excluding hydrogens is 258 g/mol. The zero-order valence-corrected chi connectivity index (χ0v) is 11.5. The Morgan fingerprint density at radius 2 is 2.25 bits per heavy atom. The molecule has 108 valence electrons. The lowest BCUT2D eigenvalue weighted by Gasteiger charge is -2.32. The van der Waals surface area contributed by atoms with Crippen molar-refractivity contribution in [2.45, 2.75) is 38.8 Å². The minimum Gasteiger partial charge on any atom is -0.480 e. The van der Waals surface area contributed by atoms with Gasteiger partial charge in [0, 0.05) is 25.0 Å². The molecule has 0 saturated carbocycles. The maximum absolute atomic E-state index is 12.1. The number of nitrogens with zero attached hydrogens (tertiary/aromatic N) is 2. The van der Waals surface area contributed by atoms with Crippen LogP contribution in [0.25, 0.3) is 0 Å². The minimum absolute atomic E-state index is 0.322. The Morgan fingerprint density at radius 1 is 1.45 bits per heavy atom. The molecule has 2 N–H and O–H groups in total. The van der Waals surface area contributed by atoms with Crippen LogP contribution in [0.15, 0.2) is 18.3 Å². The molecule has 20 heavy (non-hydrogen) atoms. The topological polar surface area (TPSA) is 82.5 Å². The second-order valence-electron chi connectivity index (χ2n) is 5.01. The summed E-state index contributed by atoms with van der Waals surface area (Å²) < 4.78 is 0. The summed E-state index contributed by atoms with van der Waals surface area (Å²) in [6.45, 7) is 2.75. The third-order valence-corrected chi connectivity index (χ3v) is 3.47. The van der Waals surface area contributed by atoms with Crippen molar-refractivity contribution < 1.29 is 14.7 Å². The molecule has 1 atom stereocenters. The van der Waals surface area contributed by atoms with E-state index in [9.17, 15) is 9.59 Å². The van der Waals surface area contributed by atoms with E-state index in [-0.39, 0.29) is 6.03 Å². The molecular formula is C14H19N3O3. The number of amides is 2. The molecule has 1 fully saturated rings. The number of aryl methyl sites for hydroxylation is 1. The summed E-state index contributed by atoms with van der Waals surface area (Å²) in [7, 11) is 0. The molecule has 0 aromatic carbocycles. The number of urea groups is 1. The zero-order valence-electron chi connectivity index (χ0n) is 11.5. The van der Waals surface area contributed by atoms with Crippen LogP contribution in [-0.4, -0.2) is 39.6 Å². The maximum atomic E-state index is 12.1. The highest BCUT2D eigenvalue weighted by atomic mass is 16.4. The third-order valence-electron chi connectivity index (χ3n) is 3.47. The van der Waals surface area contributed by atoms with Crippen molar-refractivity contribution in [1.82, 2.24) is 15.2 Å². The van der Waals surface area contributed by atoms with Gasteiger partial charge in [0.25, 0.3) is 0 Å². The number of aliphatic carboxylic acids is 1. The Kier molecular flexibility index (Phi) is 4.55.